The van der Waals surface area contributed by atoms with Crippen molar-refractivity contribution >= 4 is 5.78 Å². The van der Waals surface area contributed by atoms with Gasteiger partial charge in [-0.1, -0.05) is 53.7 Å². The number of hydrogen-bond donors (Lipinski definition) is 0. The van der Waals surface area contributed by atoms with E-state index in [1.165, 1.54) is 32.1 Å². The molecule has 4 atom stereocenters. The lowest BCUT2D eigenvalue weighted by atomic mass is 9.66. The van der Waals surface area contributed by atoms with Crippen LogP contribution in [0.2, 0.25) is 0 Å². The molecule has 4 unspecified atom stereocenters. The number of rotatable bonds is 2. The summed E-state index contributed by atoms with van der Waals surface area (Å²) >= 11 is 0. The van der Waals surface area contributed by atoms with Crippen molar-refractivity contribution in [2.45, 2.75) is 92.9 Å². The summed E-state index contributed by atoms with van der Waals surface area (Å²) in [7, 11) is 0. The number of allylic oxidation sites excluding steroid dienone is 1. The van der Waals surface area contributed by atoms with Gasteiger partial charge in [0.25, 0.3) is 0 Å². The summed E-state index contributed by atoms with van der Waals surface area (Å²) in [5.41, 5.74) is 2.96. The van der Waals surface area contributed by atoms with Crippen LogP contribution in [0.5, 0.6) is 0 Å². The molecule has 4 fully saturated rings. The van der Waals surface area contributed by atoms with Gasteiger partial charge in [-0.2, -0.15) is 0 Å². The third kappa shape index (κ3) is 1.96. The first kappa shape index (κ1) is 18.2. The van der Waals surface area contributed by atoms with Gasteiger partial charge in [-0.3, -0.25) is 4.79 Å². The Morgan fingerprint density at radius 3 is 1.54 bits per heavy atom. The SMILES string of the molecule is C=C1CC2CCC1(CC)C2(C)C.CCC12CCC(CC1=O)C2(C)C. The van der Waals surface area contributed by atoms with Crippen molar-refractivity contribution in [2.75, 3.05) is 0 Å². The molecule has 136 valence electrons. The Kier molecular flexibility index (Phi) is 4.14. The van der Waals surface area contributed by atoms with Crippen LogP contribution in [0.25, 0.3) is 0 Å². The molecule has 4 aliphatic carbocycles. The number of carbonyl (C=O) groups excluding carboxylic acids is 1. The average molecular weight is 331 g/mol. The maximum absolute atomic E-state index is 11.8. The van der Waals surface area contributed by atoms with Crippen LogP contribution in [0.4, 0.5) is 0 Å². The monoisotopic (exact) mass is 330 g/mol. The standard InChI is InChI=1S/C12H20.C11H18O/c1-5-12-7-6-10(8-9(12)2)11(12,3)4;1-4-11-6-5-8(7-9(11)12)10(11,2)3/h10H,2,5-8H2,1,3-4H3;8H,4-7H2,1-3H3. The minimum Gasteiger partial charge on any atom is -0.299 e. The van der Waals surface area contributed by atoms with Crippen molar-refractivity contribution in [1.82, 2.24) is 0 Å². The molecule has 4 bridgehead atoms. The third-order valence-electron chi connectivity index (χ3n) is 9.69. The van der Waals surface area contributed by atoms with Gasteiger partial charge in [-0.25, -0.2) is 0 Å². The van der Waals surface area contributed by atoms with Gasteiger partial charge in [0.05, 0.1) is 0 Å². The van der Waals surface area contributed by atoms with Crippen molar-refractivity contribution < 1.29 is 4.79 Å². The largest absolute Gasteiger partial charge is 0.299 e. The first-order valence-corrected chi connectivity index (χ1v) is 10.3. The van der Waals surface area contributed by atoms with Gasteiger partial charge >= 0.3 is 0 Å². The van der Waals surface area contributed by atoms with Crippen molar-refractivity contribution in [3.8, 4) is 0 Å². The first-order valence-electron chi connectivity index (χ1n) is 10.3. The van der Waals surface area contributed by atoms with Crippen molar-refractivity contribution in [1.29, 1.82) is 0 Å². The summed E-state index contributed by atoms with van der Waals surface area (Å²) in [4.78, 5) is 11.8. The second-order valence-corrected chi connectivity index (χ2v) is 10.2. The highest BCUT2D eigenvalue weighted by atomic mass is 16.1. The Morgan fingerprint density at radius 2 is 1.33 bits per heavy atom. The molecule has 4 saturated carbocycles. The fourth-order valence-electron chi connectivity index (χ4n) is 7.46. The first-order chi connectivity index (χ1) is 11.1. The molecule has 0 aromatic carbocycles. The Labute approximate surface area is 149 Å². The molecule has 4 aliphatic rings. The van der Waals surface area contributed by atoms with Crippen LogP contribution in [0.3, 0.4) is 0 Å². The summed E-state index contributed by atoms with van der Waals surface area (Å²) < 4.78 is 0. The van der Waals surface area contributed by atoms with Crippen LogP contribution in [-0.4, -0.2) is 5.78 Å². The highest BCUT2D eigenvalue weighted by Crippen LogP contribution is 2.69. The second kappa shape index (κ2) is 5.45. The number of carbonyl (C=O) groups is 1. The van der Waals surface area contributed by atoms with E-state index in [0.29, 0.717) is 27.9 Å². The lowest BCUT2D eigenvalue weighted by Crippen LogP contribution is -2.34. The molecule has 0 amide bonds. The minimum atomic E-state index is 0.0671. The summed E-state index contributed by atoms with van der Waals surface area (Å²) in [5.74, 6) is 2.17. The molecule has 0 aromatic rings. The summed E-state index contributed by atoms with van der Waals surface area (Å²) in [6.45, 7) is 18.3. The smallest absolute Gasteiger partial charge is 0.139 e. The Bertz CT molecular complexity index is 504. The van der Waals surface area contributed by atoms with Crippen LogP contribution in [0.15, 0.2) is 12.2 Å². The Balaban J connectivity index is 0.000000141. The predicted molar refractivity (Wildman–Crippen MR) is 102 cm³/mol. The van der Waals surface area contributed by atoms with Crippen LogP contribution >= 0.6 is 0 Å². The Morgan fingerprint density at radius 1 is 0.875 bits per heavy atom. The number of fused-ring (bicyclic) bond motifs is 4. The number of hydrogen-bond acceptors (Lipinski definition) is 1. The van der Waals surface area contributed by atoms with Gasteiger partial charge < -0.3 is 0 Å². The van der Waals surface area contributed by atoms with E-state index >= 15 is 0 Å². The van der Waals surface area contributed by atoms with E-state index in [2.05, 4.69) is 48.1 Å². The summed E-state index contributed by atoms with van der Waals surface area (Å²) in [5, 5.41) is 0. The zero-order chi connectivity index (χ0) is 18.0. The Hall–Kier alpha value is -0.590. The highest BCUT2D eigenvalue weighted by molar-refractivity contribution is 5.89. The van der Waals surface area contributed by atoms with Gasteiger partial charge in [0, 0.05) is 11.8 Å². The van der Waals surface area contributed by atoms with Gasteiger partial charge in [-0.05, 0) is 73.0 Å². The molecular weight excluding hydrogens is 292 g/mol. The molecule has 0 spiro atoms. The molecule has 1 heteroatoms. The van der Waals surface area contributed by atoms with Gasteiger partial charge in [0.1, 0.15) is 5.78 Å². The van der Waals surface area contributed by atoms with E-state index in [9.17, 15) is 4.79 Å². The molecule has 4 rings (SSSR count). The minimum absolute atomic E-state index is 0.0671. The number of Topliss-reactive ketones (excluding diaryl/α,β-unsaturated/α-hetero) is 1. The molecule has 0 aromatic heterocycles. The van der Waals surface area contributed by atoms with E-state index in [-0.39, 0.29) is 5.41 Å². The van der Waals surface area contributed by atoms with Crippen molar-refractivity contribution in [3.63, 3.8) is 0 Å². The van der Waals surface area contributed by atoms with Crippen molar-refractivity contribution in [3.05, 3.63) is 12.2 Å². The summed E-state index contributed by atoms with van der Waals surface area (Å²) in [6.07, 6.45) is 9.80. The molecule has 24 heavy (non-hydrogen) atoms. The topological polar surface area (TPSA) is 17.1 Å². The van der Waals surface area contributed by atoms with E-state index in [1.807, 2.05) is 0 Å². The van der Waals surface area contributed by atoms with Crippen LogP contribution in [0.1, 0.15) is 92.9 Å². The van der Waals surface area contributed by atoms with Crippen LogP contribution in [0, 0.1) is 33.5 Å². The lowest BCUT2D eigenvalue weighted by Gasteiger charge is -2.38. The fourth-order valence-corrected chi connectivity index (χ4v) is 7.46. The fraction of sp³-hybridized carbons (Fsp3) is 0.870. The normalized spacial score (nSPS) is 43.9. The molecule has 0 aliphatic heterocycles. The lowest BCUT2D eigenvalue weighted by molar-refractivity contribution is -0.129. The zero-order valence-electron chi connectivity index (χ0n) is 16.9. The number of ketones is 1. The zero-order valence-corrected chi connectivity index (χ0v) is 16.9. The maximum Gasteiger partial charge on any atom is 0.139 e. The molecule has 0 heterocycles. The average Bonchev–Trinajstić information content (AvgIpc) is 3.07. The molecule has 1 nitrogen and oxygen atoms in total. The summed E-state index contributed by atoms with van der Waals surface area (Å²) in [6, 6.07) is 0. The van der Waals surface area contributed by atoms with Gasteiger partial charge in [-0.15, -0.1) is 0 Å². The van der Waals surface area contributed by atoms with Crippen molar-refractivity contribution in [2.24, 2.45) is 33.5 Å². The predicted octanol–water partition coefficient (Wildman–Crippen LogP) is 6.57. The maximum atomic E-state index is 11.8. The van der Waals surface area contributed by atoms with E-state index in [1.54, 1.807) is 5.57 Å². The van der Waals surface area contributed by atoms with Gasteiger partial charge in [0.15, 0.2) is 0 Å². The molecular formula is C23H38O. The molecule has 0 N–H and O–H groups in total. The molecule has 0 saturated heterocycles. The highest BCUT2D eigenvalue weighted by Gasteiger charge is 2.63. The van der Waals surface area contributed by atoms with E-state index in [0.717, 1.165) is 25.2 Å². The second-order valence-electron chi connectivity index (χ2n) is 10.2. The quantitative estimate of drug-likeness (QED) is 0.523. The van der Waals surface area contributed by atoms with E-state index in [4.69, 9.17) is 0 Å². The third-order valence-corrected chi connectivity index (χ3v) is 9.69. The molecule has 0 radical (unpaired) electrons. The van der Waals surface area contributed by atoms with Gasteiger partial charge in [0.2, 0.25) is 0 Å². The van der Waals surface area contributed by atoms with E-state index < -0.39 is 0 Å². The van der Waals surface area contributed by atoms with Crippen LogP contribution in [-0.2, 0) is 4.79 Å². The van der Waals surface area contributed by atoms with Crippen LogP contribution < -0.4 is 0 Å².